The molecule has 2 rings (SSSR count). The van der Waals surface area contributed by atoms with Crippen molar-refractivity contribution in [3.8, 4) is 0 Å². The number of benzene rings is 2. The summed E-state index contributed by atoms with van der Waals surface area (Å²) < 4.78 is 39.8. The molecule has 0 amide bonds. The molecule has 0 aliphatic rings. The van der Waals surface area contributed by atoms with Gasteiger partial charge in [-0.2, -0.15) is 0 Å². The van der Waals surface area contributed by atoms with E-state index in [0.29, 0.717) is 10.6 Å². The largest absolute Gasteiger partial charge is 0.324 e. The van der Waals surface area contributed by atoms with Gasteiger partial charge in [0, 0.05) is 16.6 Å². The lowest BCUT2D eigenvalue weighted by atomic mass is 9.99. The van der Waals surface area contributed by atoms with Crippen LogP contribution in [0.15, 0.2) is 36.4 Å². The van der Waals surface area contributed by atoms with Gasteiger partial charge in [0.15, 0.2) is 11.6 Å². The van der Waals surface area contributed by atoms with Gasteiger partial charge >= 0.3 is 0 Å². The molecule has 2 N–H and O–H groups in total. The minimum absolute atomic E-state index is 0.0420. The van der Waals surface area contributed by atoms with E-state index in [9.17, 15) is 13.2 Å². The Morgan fingerprint density at radius 1 is 1.11 bits per heavy atom. The molecule has 2 aromatic rings. The highest BCUT2D eigenvalue weighted by Gasteiger charge is 2.16. The van der Waals surface area contributed by atoms with Gasteiger partial charge in [0.25, 0.3) is 0 Å². The molecular formula is C14H11ClF3N. The van der Waals surface area contributed by atoms with Crippen molar-refractivity contribution >= 4 is 11.6 Å². The van der Waals surface area contributed by atoms with Crippen molar-refractivity contribution in [2.24, 2.45) is 5.73 Å². The first-order chi connectivity index (χ1) is 8.99. The maximum atomic E-state index is 13.6. The maximum Gasteiger partial charge on any atom is 0.163 e. The Hall–Kier alpha value is -1.52. The molecule has 0 heterocycles. The summed E-state index contributed by atoms with van der Waals surface area (Å²) in [4.78, 5) is 0. The van der Waals surface area contributed by atoms with E-state index in [0.717, 1.165) is 6.07 Å². The fraction of sp³-hybridized carbons (Fsp3) is 0.143. The molecule has 19 heavy (non-hydrogen) atoms. The molecule has 100 valence electrons. The topological polar surface area (TPSA) is 26.0 Å². The Morgan fingerprint density at radius 2 is 1.84 bits per heavy atom. The van der Waals surface area contributed by atoms with Gasteiger partial charge in [0.1, 0.15) is 5.82 Å². The third-order valence-corrected chi connectivity index (χ3v) is 3.20. The SMILES string of the molecule is NC(Cc1cc(F)ccc1Cl)c1cccc(F)c1F. The van der Waals surface area contributed by atoms with Crippen molar-refractivity contribution in [1.29, 1.82) is 0 Å². The zero-order valence-electron chi connectivity index (χ0n) is 9.84. The summed E-state index contributed by atoms with van der Waals surface area (Å²) in [6.45, 7) is 0. The van der Waals surface area contributed by atoms with Crippen LogP contribution in [0.2, 0.25) is 5.02 Å². The molecule has 0 radical (unpaired) electrons. The predicted octanol–water partition coefficient (Wildman–Crippen LogP) is 4.00. The molecule has 1 atom stereocenters. The monoisotopic (exact) mass is 285 g/mol. The first-order valence-electron chi connectivity index (χ1n) is 5.62. The molecule has 5 heteroatoms. The van der Waals surface area contributed by atoms with E-state index < -0.39 is 23.5 Å². The zero-order chi connectivity index (χ0) is 14.0. The number of hydrogen-bond donors (Lipinski definition) is 1. The van der Waals surface area contributed by atoms with Crippen LogP contribution in [0.1, 0.15) is 17.2 Å². The number of nitrogens with two attached hydrogens (primary N) is 1. The van der Waals surface area contributed by atoms with Crippen LogP contribution in [0.25, 0.3) is 0 Å². The van der Waals surface area contributed by atoms with Gasteiger partial charge in [-0.3, -0.25) is 0 Å². The number of hydrogen-bond acceptors (Lipinski definition) is 1. The molecule has 0 bridgehead atoms. The van der Waals surface area contributed by atoms with E-state index in [1.54, 1.807) is 0 Å². The molecule has 0 saturated heterocycles. The van der Waals surface area contributed by atoms with Crippen LogP contribution in [0, 0.1) is 17.5 Å². The third-order valence-electron chi connectivity index (χ3n) is 2.83. The van der Waals surface area contributed by atoms with Crippen LogP contribution in [0.3, 0.4) is 0 Å². The summed E-state index contributed by atoms with van der Waals surface area (Å²) in [7, 11) is 0. The summed E-state index contributed by atoms with van der Waals surface area (Å²) in [5.41, 5.74) is 6.33. The Balaban J connectivity index is 2.28. The fourth-order valence-electron chi connectivity index (χ4n) is 1.85. The van der Waals surface area contributed by atoms with E-state index in [2.05, 4.69) is 0 Å². The molecular weight excluding hydrogens is 275 g/mol. The minimum atomic E-state index is -0.984. The highest BCUT2D eigenvalue weighted by molar-refractivity contribution is 6.31. The molecule has 0 fully saturated rings. The lowest BCUT2D eigenvalue weighted by Gasteiger charge is -2.14. The second-order valence-corrected chi connectivity index (χ2v) is 4.60. The fourth-order valence-corrected chi connectivity index (χ4v) is 2.05. The molecule has 1 unspecified atom stereocenters. The van der Waals surface area contributed by atoms with E-state index in [1.807, 2.05) is 0 Å². The van der Waals surface area contributed by atoms with E-state index in [1.165, 1.54) is 30.3 Å². The Morgan fingerprint density at radius 3 is 2.58 bits per heavy atom. The molecule has 0 aliphatic carbocycles. The van der Waals surface area contributed by atoms with Gasteiger partial charge in [-0.05, 0) is 36.2 Å². The quantitative estimate of drug-likeness (QED) is 0.906. The first kappa shape index (κ1) is 13.9. The molecule has 0 aliphatic heterocycles. The molecule has 0 spiro atoms. The minimum Gasteiger partial charge on any atom is -0.324 e. The lowest BCUT2D eigenvalue weighted by molar-refractivity contribution is 0.487. The van der Waals surface area contributed by atoms with Crippen molar-refractivity contribution in [2.45, 2.75) is 12.5 Å². The highest BCUT2D eigenvalue weighted by Crippen LogP contribution is 2.25. The van der Waals surface area contributed by atoms with Gasteiger partial charge in [-0.15, -0.1) is 0 Å². The summed E-state index contributed by atoms with van der Waals surface area (Å²) in [5.74, 6) is -2.40. The van der Waals surface area contributed by atoms with Crippen LogP contribution in [-0.4, -0.2) is 0 Å². The van der Waals surface area contributed by atoms with Crippen molar-refractivity contribution in [3.05, 3.63) is 70.0 Å². The third kappa shape index (κ3) is 3.08. The van der Waals surface area contributed by atoms with Gasteiger partial charge in [-0.1, -0.05) is 23.7 Å². The van der Waals surface area contributed by atoms with Gasteiger partial charge in [0.05, 0.1) is 0 Å². The predicted molar refractivity (Wildman–Crippen MR) is 68.4 cm³/mol. The van der Waals surface area contributed by atoms with Crippen LogP contribution < -0.4 is 5.73 Å². The van der Waals surface area contributed by atoms with E-state index in [4.69, 9.17) is 17.3 Å². The standard InChI is InChI=1S/C14H11ClF3N/c15-11-5-4-9(16)6-8(11)7-13(19)10-2-1-3-12(17)14(10)18/h1-6,13H,7,19H2. The second kappa shape index (κ2) is 5.63. The van der Waals surface area contributed by atoms with E-state index >= 15 is 0 Å². The molecule has 1 nitrogen and oxygen atoms in total. The smallest absolute Gasteiger partial charge is 0.163 e. The Kier molecular flexibility index (Phi) is 4.12. The molecule has 0 aromatic heterocycles. The van der Waals surface area contributed by atoms with Gasteiger partial charge in [-0.25, -0.2) is 13.2 Å². The maximum absolute atomic E-state index is 13.6. The average molecular weight is 286 g/mol. The van der Waals surface area contributed by atoms with Gasteiger partial charge in [0.2, 0.25) is 0 Å². The Bertz CT molecular complexity index is 601. The first-order valence-corrected chi connectivity index (χ1v) is 6.00. The number of halogens is 4. The zero-order valence-corrected chi connectivity index (χ0v) is 10.6. The van der Waals surface area contributed by atoms with Crippen LogP contribution in [-0.2, 0) is 6.42 Å². The van der Waals surface area contributed by atoms with Crippen molar-refractivity contribution in [1.82, 2.24) is 0 Å². The van der Waals surface area contributed by atoms with Crippen molar-refractivity contribution in [3.63, 3.8) is 0 Å². The molecule has 0 saturated carbocycles. The van der Waals surface area contributed by atoms with Crippen molar-refractivity contribution < 1.29 is 13.2 Å². The van der Waals surface area contributed by atoms with Gasteiger partial charge < -0.3 is 5.73 Å². The van der Waals surface area contributed by atoms with Crippen LogP contribution in [0.4, 0.5) is 13.2 Å². The summed E-state index contributed by atoms with van der Waals surface area (Å²) in [6, 6.07) is 6.85. The van der Waals surface area contributed by atoms with E-state index in [-0.39, 0.29) is 12.0 Å². The van der Waals surface area contributed by atoms with Crippen LogP contribution in [0.5, 0.6) is 0 Å². The Labute approximate surface area is 113 Å². The highest BCUT2D eigenvalue weighted by atomic mass is 35.5. The second-order valence-electron chi connectivity index (χ2n) is 4.19. The molecule has 2 aromatic carbocycles. The average Bonchev–Trinajstić information content (AvgIpc) is 2.37. The van der Waals surface area contributed by atoms with Crippen LogP contribution >= 0.6 is 11.6 Å². The van der Waals surface area contributed by atoms with Crippen molar-refractivity contribution in [2.75, 3.05) is 0 Å². The lowest BCUT2D eigenvalue weighted by Crippen LogP contribution is -2.16. The summed E-state index contributed by atoms with van der Waals surface area (Å²) >= 11 is 5.91. The normalized spacial score (nSPS) is 12.5. The number of rotatable bonds is 3. The summed E-state index contributed by atoms with van der Waals surface area (Å²) in [5, 5.41) is 0.341. The summed E-state index contributed by atoms with van der Waals surface area (Å²) in [6.07, 6.45) is 0.122.